The molecule has 0 aliphatic carbocycles. The number of halogens is 1. The summed E-state index contributed by atoms with van der Waals surface area (Å²) in [6, 6.07) is 15.7. The second-order valence-electron chi connectivity index (χ2n) is 6.32. The number of hydrogen-bond donors (Lipinski definition) is 2. The summed E-state index contributed by atoms with van der Waals surface area (Å²) in [4.78, 5) is 0.199. The third-order valence-corrected chi connectivity index (χ3v) is 6.83. The average Bonchev–Trinajstić information content (AvgIpc) is 3.07. The smallest absolute Gasteiger partial charge is 0.241 e. The summed E-state index contributed by atoms with van der Waals surface area (Å²) in [5, 5.41) is 8.65. The second kappa shape index (κ2) is 10.0. The van der Waals surface area contributed by atoms with E-state index in [0.717, 1.165) is 9.13 Å². The van der Waals surface area contributed by atoms with Gasteiger partial charge in [0, 0.05) is 17.2 Å². The normalized spacial score (nSPS) is 12.8. The molecule has 0 fully saturated rings. The van der Waals surface area contributed by atoms with Crippen molar-refractivity contribution in [3.8, 4) is 0 Å². The van der Waals surface area contributed by atoms with Gasteiger partial charge in [-0.05, 0) is 58.8 Å². The number of methoxy groups -OCH3 is 1. The topological polar surface area (TPSA) is 86.1 Å². The summed E-state index contributed by atoms with van der Waals surface area (Å²) in [7, 11) is -2.16. The van der Waals surface area contributed by atoms with Gasteiger partial charge in [0.2, 0.25) is 10.0 Å². The maximum atomic E-state index is 13.0. The number of hydrogen-bond acceptors (Lipinski definition) is 6. The van der Waals surface area contributed by atoms with E-state index >= 15 is 0 Å². The largest absolute Gasteiger partial charge is 0.383 e. The first-order valence-electron chi connectivity index (χ1n) is 8.83. The standard InChI is InChI=1S/C19H21IN4O3S2/c1-27-12-11-24-18(21-22-19(24)28)17(13-14-5-3-2-4-6-14)23-29(25,26)16-9-7-15(20)8-10-16/h2-10,17,23H,11-13H2,1H3,(H,22,28)/t17-/m1/s1. The maximum absolute atomic E-state index is 13.0. The van der Waals surface area contributed by atoms with Crippen molar-refractivity contribution in [1.29, 1.82) is 0 Å². The zero-order valence-electron chi connectivity index (χ0n) is 15.7. The highest BCUT2D eigenvalue weighted by Crippen LogP contribution is 2.23. The third kappa shape index (κ3) is 5.79. The molecule has 2 aromatic carbocycles. The molecule has 1 N–H and O–H groups in total. The molecule has 1 heterocycles. The molecule has 0 saturated carbocycles. The van der Waals surface area contributed by atoms with Crippen molar-refractivity contribution in [2.24, 2.45) is 0 Å². The van der Waals surface area contributed by atoms with E-state index in [-0.39, 0.29) is 4.90 Å². The zero-order chi connectivity index (χ0) is 20.9. The number of nitrogens with one attached hydrogen (secondary N) is 1. The van der Waals surface area contributed by atoms with Gasteiger partial charge in [-0.15, -0.1) is 22.8 Å². The van der Waals surface area contributed by atoms with Crippen LogP contribution in [0.1, 0.15) is 17.4 Å². The first-order chi connectivity index (χ1) is 13.9. The van der Waals surface area contributed by atoms with E-state index in [9.17, 15) is 8.42 Å². The molecule has 154 valence electrons. The quantitative estimate of drug-likeness (QED) is 0.320. The summed E-state index contributed by atoms with van der Waals surface area (Å²) in [5.41, 5.74) is 0.977. The number of benzene rings is 2. The lowest BCUT2D eigenvalue weighted by Gasteiger charge is -2.20. The van der Waals surface area contributed by atoms with Gasteiger partial charge in [-0.2, -0.15) is 0 Å². The van der Waals surface area contributed by atoms with Crippen LogP contribution in [0.5, 0.6) is 0 Å². The molecule has 1 aromatic heterocycles. The molecule has 1 atom stereocenters. The third-order valence-electron chi connectivity index (χ3n) is 4.29. The SMILES string of the molecule is COCCn1c(S)nnc1[C@@H](Cc1ccccc1)NS(=O)(=O)c1ccc(I)cc1. The van der Waals surface area contributed by atoms with Gasteiger partial charge < -0.3 is 9.30 Å². The molecule has 7 nitrogen and oxygen atoms in total. The van der Waals surface area contributed by atoms with Crippen LogP contribution in [0.4, 0.5) is 0 Å². The Balaban J connectivity index is 1.96. The van der Waals surface area contributed by atoms with Crippen LogP contribution < -0.4 is 4.72 Å². The Hall–Kier alpha value is -1.47. The fraction of sp³-hybridized carbons (Fsp3) is 0.263. The molecule has 10 heteroatoms. The minimum atomic E-state index is -3.76. The average molecular weight is 544 g/mol. The minimum absolute atomic E-state index is 0.199. The van der Waals surface area contributed by atoms with Gasteiger partial charge in [-0.1, -0.05) is 30.3 Å². The second-order valence-corrected chi connectivity index (χ2v) is 9.68. The number of thiol groups is 1. The van der Waals surface area contributed by atoms with Crippen molar-refractivity contribution >= 4 is 45.2 Å². The molecule has 0 saturated heterocycles. The lowest BCUT2D eigenvalue weighted by molar-refractivity contribution is 0.183. The van der Waals surface area contributed by atoms with Crippen LogP contribution >= 0.6 is 35.2 Å². The Morgan fingerprint density at radius 1 is 1.14 bits per heavy atom. The van der Waals surface area contributed by atoms with Crippen LogP contribution in [-0.4, -0.2) is 36.9 Å². The summed E-state index contributed by atoms with van der Waals surface area (Å²) < 4.78 is 36.7. The summed E-state index contributed by atoms with van der Waals surface area (Å²) in [5.74, 6) is 0.491. The molecule has 0 aliphatic heterocycles. The van der Waals surface area contributed by atoms with Crippen molar-refractivity contribution in [2.75, 3.05) is 13.7 Å². The fourth-order valence-electron chi connectivity index (χ4n) is 2.87. The summed E-state index contributed by atoms with van der Waals surface area (Å²) in [6.07, 6.45) is 0.420. The molecule has 0 unspecified atom stereocenters. The molecule has 0 amide bonds. The van der Waals surface area contributed by atoms with E-state index in [0.29, 0.717) is 30.6 Å². The molecule has 0 aliphatic rings. The van der Waals surface area contributed by atoms with Crippen molar-refractivity contribution in [2.45, 2.75) is 29.1 Å². The lowest BCUT2D eigenvalue weighted by Crippen LogP contribution is -2.32. The molecule has 0 radical (unpaired) electrons. The molecular weight excluding hydrogens is 523 g/mol. The molecule has 0 bridgehead atoms. The Kier molecular flexibility index (Phi) is 7.68. The van der Waals surface area contributed by atoms with Crippen LogP contribution in [0.25, 0.3) is 0 Å². The van der Waals surface area contributed by atoms with E-state index in [1.165, 1.54) is 0 Å². The van der Waals surface area contributed by atoms with Crippen LogP contribution in [-0.2, 0) is 27.7 Å². The van der Waals surface area contributed by atoms with Crippen molar-refractivity contribution in [3.63, 3.8) is 0 Å². The van der Waals surface area contributed by atoms with Crippen LogP contribution in [0.15, 0.2) is 64.6 Å². The maximum Gasteiger partial charge on any atom is 0.241 e. The first-order valence-corrected chi connectivity index (χ1v) is 11.8. The Labute approximate surface area is 189 Å². The first kappa shape index (κ1) is 22.2. The highest BCUT2D eigenvalue weighted by molar-refractivity contribution is 14.1. The summed E-state index contributed by atoms with van der Waals surface area (Å²) >= 11 is 6.50. The highest BCUT2D eigenvalue weighted by Gasteiger charge is 2.26. The number of aromatic nitrogens is 3. The van der Waals surface area contributed by atoms with Crippen LogP contribution in [0.3, 0.4) is 0 Å². The number of sulfonamides is 1. The van der Waals surface area contributed by atoms with Gasteiger partial charge in [-0.25, -0.2) is 13.1 Å². The van der Waals surface area contributed by atoms with Gasteiger partial charge in [0.1, 0.15) is 0 Å². The number of nitrogens with zero attached hydrogens (tertiary/aromatic N) is 3. The van der Waals surface area contributed by atoms with Crippen molar-refractivity contribution < 1.29 is 13.2 Å². The van der Waals surface area contributed by atoms with E-state index < -0.39 is 16.1 Å². The Morgan fingerprint density at radius 3 is 2.48 bits per heavy atom. The molecule has 29 heavy (non-hydrogen) atoms. The van der Waals surface area contributed by atoms with Crippen molar-refractivity contribution in [1.82, 2.24) is 19.5 Å². The Bertz CT molecular complexity index is 1040. The van der Waals surface area contributed by atoms with Gasteiger partial charge in [-0.3, -0.25) is 0 Å². The van der Waals surface area contributed by atoms with E-state index in [1.807, 2.05) is 30.3 Å². The van der Waals surface area contributed by atoms with Crippen LogP contribution in [0.2, 0.25) is 0 Å². The minimum Gasteiger partial charge on any atom is -0.383 e. The van der Waals surface area contributed by atoms with Gasteiger partial charge in [0.15, 0.2) is 11.0 Å². The molecule has 3 rings (SSSR count). The van der Waals surface area contributed by atoms with E-state index in [1.54, 1.807) is 35.9 Å². The predicted molar refractivity (Wildman–Crippen MR) is 122 cm³/mol. The van der Waals surface area contributed by atoms with Gasteiger partial charge in [0.25, 0.3) is 0 Å². The number of rotatable bonds is 9. The monoisotopic (exact) mass is 544 g/mol. The van der Waals surface area contributed by atoms with Crippen LogP contribution in [0, 0.1) is 3.57 Å². The fourth-order valence-corrected chi connectivity index (χ4v) is 4.67. The Morgan fingerprint density at radius 2 is 1.83 bits per heavy atom. The van der Waals surface area contributed by atoms with E-state index in [4.69, 9.17) is 4.74 Å². The highest BCUT2D eigenvalue weighted by atomic mass is 127. The van der Waals surface area contributed by atoms with E-state index in [2.05, 4.69) is 50.1 Å². The lowest BCUT2D eigenvalue weighted by atomic mass is 10.1. The zero-order valence-corrected chi connectivity index (χ0v) is 19.6. The van der Waals surface area contributed by atoms with Gasteiger partial charge >= 0.3 is 0 Å². The molecule has 3 aromatic rings. The van der Waals surface area contributed by atoms with Crippen molar-refractivity contribution in [3.05, 3.63) is 69.6 Å². The summed E-state index contributed by atoms with van der Waals surface area (Å²) in [6.45, 7) is 0.898. The number of ether oxygens (including phenoxy) is 1. The predicted octanol–water partition coefficient (Wildman–Crippen LogP) is 3.08. The molecular formula is C19H21IN4O3S2. The molecule has 0 spiro atoms. The van der Waals surface area contributed by atoms with Gasteiger partial charge in [0.05, 0.1) is 17.5 Å².